The van der Waals surface area contributed by atoms with E-state index >= 15 is 0 Å². The SMILES string of the molecule is CCC1(CC)C=C[n+]2ccccc2-c2ccccc21. The van der Waals surface area contributed by atoms with E-state index in [2.05, 4.69) is 79.4 Å². The molecule has 0 bridgehead atoms. The lowest BCUT2D eigenvalue weighted by molar-refractivity contribution is -0.556. The average molecular weight is 250 g/mol. The zero-order valence-corrected chi connectivity index (χ0v) is 11.6. The van der Waals surface area contributed by atoms with E-state index in [0.29, 0.717) is 0 Å². The summed E-state index contributed by atoms with van der Waals surface area (Å²) >= 11 is 0. The Hall–Kier alpha value is -1.89. The Morgan fingerprint density at radius 3 is 2.47 bits per heavy atom. The molecule has 96 valence electrons. The zero-order valence-electron chi connectivity index (χ0n) is 11.6. The van der Waals surface area contributed by atoms with Gasteiger partial charge in [-0.25, -0.2) is 0 Å². The lowest BCUT2D eigenvalue weighted by Crippen LogP contribution is -2.27. The monoisotopic (exact) mass is 250 g/mol. The maximum atomic E-state index is 2.38. The molecule has 0 fully saturated rings. The molecule has 0 saturated carbocycles. The second-order valence-corrected chi connectivity index (χ2v) is 5.22. The highest BCUT2D eigenvalue weighted by Crippen LogP contribution is 2.39. The Morgan fingerprint density at radius 2 is 1.68 bits per heavy atom. The first-order valence-electron chi connectivity index (χ1n) is 7.10. The van der Waals surface area contributed by atoms with E-state index in [0.717, 1.165) is 12.8 Å². The van der Waals surface area contributed by atoms with Gasteiger partial charge in [-0.2, -0.15) is 4.57 Å². The van der Waals surface area contributed by atoms with E-state index in [9.17, 15) is 0 Å². The molecule has 1 aliphatic rings. The predicted molar refractivity (Wildman–Crippen MR) is 79.7 cm³/mol. The minimum Gasteiger partial charge on any atom is -0.167 e. The third-order valence-corrected chi connectivity index (χ3v) is 4.45. The number of hydrogen-bond acceptors (Lipinski definition) is 0. The highest BCUT2D eigenvalue weighted by molar-refractivity contribution is 5.66. The van der Waals surface area contributed by atoms with Gasteiger partial charge in [0.15, 0.2) is 12.4 Å². The van der Waals surface area contributed by atoms with Crippen molar-refractivity contribution in [3.8, 4) is 11.3 Å². The smallest absolute Gasteiger partial charge is 0.167 e. The Kier molecular flexibility index (Phi) is 2.98. The van der Waals surface area contributed by atoms with Gasteiger partial charge in [-0.3, -0.25) is 0 Å². The van der Waals surface area contributed by atoms with Crippen LogP contribution in [0.2, 0.25) is 0 Å². The van der Waals surface area contributed by atoms with Crippen molar-refractivity contribution in [2.75, 3.05) is 0 Å². The highest BCUT2D eigenvalue weighted by atomic mass is 14.9. The molecule has 0 N–H and O–H groups in total. The third kappa shape index (κ3) is 1.81. The van der Waals surface area contributed by atoms with Crippen LogP contribution < -0.4 is 4.57 Å². The quantitative estimate of drug-likeness (QED) is 0.704. The lowest BCUT2D eigenvalue weighted by atomic mass is 9.74. The van der Waals surface area contributed by atoms with Crippen molar-refractivity contribution >= 4 is 6.20 Å². The van der Waals surface area contributed by atoms with Gasteiger partial charge in [0.1, 0.15) is 0 Å². The first-order valence-corrected chi connectivity index (χ1v) is 7.10. The van der Waals surface area contributed by atoms with Crippen molar-refractivity contribution in [3.05, 3.63) is 60.3 Å². The Bertz CT molecular complexity index is 621. The van der Waals surface area contributed by atoms with Crippen molar-refractivity contribution in [1.82, 2.24) is 0 Å². The van der Waals surface area contributed by atoms with Crippen molar-refractivity contribution in [2.24, 2.45) is 0 Å². The van der Waals surface area contributed by atoms with Crippen molar-refractivity contribution in [2.45, 2.75) is 32.1 Å². The molecule has 19 heavy (non-hydrogen) atoms. The molecule has 0 amide bonds. The summed E-state index contributed by atoms with van der Waals surface area (Å²) in [6.07, 6.45) is 8.99. The molecule has 1 nitrogen and oxygen atoms in total. The molecular formula is C18H20N+. The van der Waals surface area contributed by atoms with E-state index in [1.807, 2.05) is 0 Å². The summed E-state index contributed by atoms with van der Waals surface area (Å²) < 4.78 is 2.23. The molecule has 0 atom stereocenters. The Labute approximate surface area is 115 Å². The van der Waals surface area contributed by atoms with Crippen LogP contribution in [-0.2, 0) is 5.41 Å². The summed E-state index contributed by atoms with van der Waals surface area (Å²) in [5.74, 6) is 0. The van der Waals surface area contributed by atoms with E-state index < -0.39 is 0 Å². The van der Waals surface area contributed by atoms with Gasteiger partial charge in [0.2, 0.25) is 5.69 Å². The van der Waals surface area contributed by atoms with Gasteiger partial charge in [-0.05, 0) is 36.6 Å². The average Bonchev–Trinajstić information content (AvgIpc) is 2.63. The van der Waals surface area contributed by atoms with Gasteiger partial charge in [-0.1, -0.05) is 32.0 Å². The number of rotatable bonds is 2. The van der Waals surface area contributed by atoms with Crippen LogP contribution >= 0.6 is 0 Å². The van der Waals surface area contributed by atoms with Gasteiger partial charge in [0.25, 0.3) is 0 Å². The van der Waals surface area contributed by atoms with Gasteiger partial charge < -0.3 is 0 Å². The number of pyridine rings is 1. The Balaban J connectivity index is 2.35. The van der Waals surface area contributed by atoms with Crippen LogP contribution in [0.1, 0.15) is 32.3 Å². The number of allylic oxidation sites excluding steroid dienone is 1. The third-order valence-electron chi connectivity index (χ3n) is 4.45. The molecule has 1 aliphatic heterocycles. The lowest BCUT2D eigenvalue weighted by Gasteiger charge is -2.28. The summed E-state index contributed by atoms with van der Waals surface area (Å²) in [5.41, 5.74) is 4.24. The molecule has 2 heterocycles. The summed E-state index contributed by atoms with van der Waals surface area (Å²) in [6, 6.07) is 15.2. The number of fused-ring (bicyclic) bond motifs is 3. The van der Waals surface area contributed by atoms with Gasteiger partial charge in [0.05, 0.1) is 5.56 Å². The number of hydrogen-bond donors (Lipinski definition) is 0. The standard InChI is InChI=1S/C18H20N/c1-3-18(4-2)12-14-19-13-8-7-11-17(19)15-9-5-6-10-16(15)18/h5-14H,3-4H2,1-2H3/q+1. The first kappa shape index (κ1) is 12.2. The molecule has 0 saturated heterocycles. The zero-order chi connectivity index (χ0) is 13.3. The van der Waals surface area contributed by atoms with Crippen molar-refractivity contribution in [1.29, 1.82) is 0 Å². The van der Waals surface area contributed by atoms with Crippen LogP contribution in [0, 0.1) is 0 Å². The summed E-state index contributed by atoms with van der Waals surface area (Å²) in [4.78, 5) is 0. The minimum atomic E-state index is 0.155. The number of nitrogens with zero attached hydrogens (tertiary/aromatic N) is 1. The molecule has 1 heteroatoms. The second-order valence-electron chi connectivity index (χ2n) is 5.22. The number of benzene rings is 1. The summed E-state index contributed by atoms with van der Waals surface area (Å²) in [6.45, 7) is 4.57. The molecule has 2 aromatic rings. The minimum absolute atomic E-state index is 0.155. The molecule has 0 radical (unpaired) electrons. The molecule has 0 spiro atoms. The topological polar surface area (TPSA) is 3.88 Å². The fraction of sp³-hybridized carbons (Fsp3) is 0.278. The van der Waals surface area contributed by atoms with Gasteiger partial charge in [0, 0.05) is 17.5 Å². The highest BCUT2D eigenvalue weighted by Gasteiger charge is 2.33. The van der Waals surface area contributed by atoms with Crippen LogP contribution in [0.4, 0.5) is 0 Å². The number of aromatic nitrogens is 1. The second kappa shape index (κ2) is 4.65. The summed E-state index contributed by atoms with van der Waals surface area (Å²) in [5, 5.41) is 0. The van der Waals surface area contributed by atoms with Gasteiger partial charge >= 0.3 is 0 Å². The maximum Gasteiger partial charge on any atom is 0.218 e. The normalized spacial score (nSPS) is 15.5. The van der Waals surface area contributed by atoms with Crippen LogP contribution in [0.3, 0.4) is 0 Å². The molecule has 1 aromatic carbocycles. The van der Waals surface area contributed by atoms with E-state index in [1.165, 1.54) is 16.8 Å². The molecular weight excluding hydrogens is 230 g/mol. The fourth-order valence-corrected chi connectivity index (χ4v) is 3.13. The maximum absolute atomic E-state index is 2.38. The van der Waals surface area contributed by atoms with Crippen LogP contribution in [0.5, 0.6) is 0 Å². The molecule has 3 rings (SSSR count). The Morgan fingerprint density at radius 1 is 0.947 bits per heavy atom. The predicted octanol–water partition coefficient (Wildman–Crippen LogP) is 4.18. The van der Waals surface area contributed by atoms with E-state index in [4.69, 9.17) is 0 Å². The van der Waals surface area contributed by atoms with Crippen LogP contribution in [-0.4, -0.2) is 0 Å². The van der Waals surface area contributed by atoms with E-state index in [1.54, 1.807) is 0 Å². The van der Waals surface area contributed by atoms with Crippen molar-refractivity contribution in [3.63, 3.8) is 0 Å². The van der Waals surface area contributed by atoms with Gasteiger partial charge in [-0.15, -0.1) is 0 Å². The van der Waals surface area contributed by atoms with Crippen molar-refractivity contribution < 1.29 is 4.57 Å². The molecule has 0 unspecified atom stereocenters. The molecule has 1 aromatic heterocycles. The van der Waals surface area contributed by atoms with Crippen LogP contribution in [0.15, 0.2) is 54.7 Å². The largest absolute Gasteiger partial charge is 0.218 e. The summed E-state index contributed by atoms with van der Waals surface area (Å²) in [7, 11) is 0. The molecule has 0 aliphatic carbocycles. The first-order chi connectivity index (χ1) is 9.30. The van der Waals surface area contributed by atoms with Crippen LogP contribution in [0.25, 0.3) is 17.5 Å². The fourth-order valence-electron chi connectivity index (χ4n) is 3.13. The van der Waals surface area contributed by atoms with E-state index in [-0.39, 0.29) is 5.41 Å².